The Morgan fingerprint density at radius 2 is 1.32 bits per heavy atom. The Balaban J connectivity index is 1.40. The van der Waals surface area contributed by atoms with Crippen LogP contribution in [0, 0.1) is 0 Å². The quantitative estimate of drug-likeness (QED) is 0.448. The Morgan fingerprint density at radius 1 is 0.710 bits per heavy atom. The van der Waals surface area contributed by atoms with Gasteiger partial charge < -0.3 is 16.4 Å². The topological polar surface area (TPSA) is 118 Å². The first-order chi connectivity index (χ1) is 14.9. The molecule has 0 radical (unpaired) electrons. The Bertz CT molecular complexity index is 1220. The zero-order chi connectivity index (χ0) is 22.0. The van der Waals surface area contributed by atoms with Crippen molar-refractivity contribution in [3.63, 3.8) is 0 Å². The molecule has 0 aromatic heterocycles. The van der Waals surface area contributed by atoms with Gasteiger partial charge in [-0.15, -0.1) is 0 Å². The third kappa shape index (κ3) is 4.06. The summed E-state index contributed by atoms with van der Waals surface area (Å²) < 4.78 is 0. The highest BCUT2D eigenvalue weighted by Crippen LogP contribution is 2.36. The average Bonchev–Trinajstić information content (AvgIpc) is 3.08. The van der Waals surface area contributed by atoms with Gasteiger partial charge in [-0.3, -0.25) is 19.2 Å². The van der Waals surface area contributed by atoms with Gasteiger partial charge in [0.15, 0.2) is 5.78 Å². The third-order valence-electron chi connectivity index (χ3n) is 5.08. The first-order valence-electron chi connectivity index (χ1n) is 9.66. The van der Waals surface area contributed by atoms with Crippen LogP contribution in [0.3, 0.4) is 0 Å². The molecule has 0 unspecified atom stereocenters. The number of carbonyl (C=O) groups is 4. The molecular weight excluding hydrogens is 394 g/mol. The number of nitrogens with two attached hydrogens (primary N) is 1. The summed E-state index contributed by atoms with van der Waals surface area (Å²) >= 11 is 0. The molecule has 0 heterocycles. The molecule has 0 aliphatic heterocycles. The summed E-state index contributed by atoms with van der Waals surface area (Å²) in [5.74, 6) is -1.40. The first-order valence-corrected chi connectivity index (χ1v) is 9.66. The van der Waals surface area contributed by atoms with Gasteiger partial charge in [0.25, 0.3) is 11.8 Å². The molecule has 4 rings (SSSR count). The van der Waals surface area contributed by atoms with Crippen LogP contribution >= 0.6 is 0 Å². The minimum atomic E-state index is -0.621. The minimum Gasteiger partial charge on any atom is -0.368 e. The lowest BCUT2D eigenvalue weighted by molar-refractivity contribution is -0.117. The van der Waals surface area contributed by atoms with Crippen LogP contribution in [-0.4, -0.2) is 30.0 Å². The third-order valence-corrected chi connectivity index (χ3v) is 5.08. The maximum Gasteiger partial charge on any atom is 0.251 e. The van der Waals surface area contributed by atoms with Crippen molar-refractivity contribution in [1.29, 1.82) is 0 Å². The lowest BCUT2D eigenvalue weighted by atomic mass is 10.0. The smallest absolute Gasteiger partial charge is 0.251 e. The van der Waals surface area contributed by atoms with Crippen molar-refractivity contribution >= 4 is 23.5 Å². The minimum absolute atomic E-state index is 0.0783. The maximum absolute atomic E-state index is 12.6. The summed E-state index contributed by atoms with van der Waals surface area (Å²) in [4.78, 5) is 47.9. The molecule has 7 heteroatoms. The number of benzene rings is 3. The van der Waals surface area contributed by atoms with Crippen LogP contribution in [-0.2, 0) is 11.3 Å². The summed E-state index contributed by atoms with van der Waals surface area (Å²) in [6.07, 6.45) is 0. The van der Waals surface area contributed by atoms with Crippen LogP contribution in [0.15, 0.2) is 66.7 Å². The molecule has 154 valence electrons. The summed E-state index contributed by atoms with van der Waals surface area (Å²) in [7, 11) is 0. The highest BCUT2D eigenvalue weighted by Gasteiger charge is 2.26. The number of hydrogen-bond acceptors (Lipinski definition) is 4. The van der Waals surface area contributed by atoms with E-state index in [9.17, 15) is 19.2 Å². The highest BCUT2D eigenvalue weighted by molar-refractivity contribution is 6.22. The number of ketones is 1. The van der Waals surface area contributed by atoms with Gasteiger partial charge in [0.1, 0.15) is 0 Å². The molecule has 4 N–H and O–H groups in total. The molecule has 31 heavy (non-hydrogen) atoms. The van der Waals surface area contributed by atoms with E-state index in [-0.39, 0.29) is 24.8 Å². The molecule has 3 aromatic rings. The second-order valence-electron chi connectivity index (χ2n) is 7.16. The van der Waals surface area contributed by atoms with E-state index in [1.54, 1.807) is 48.5 Å². The number of rotatable bonds is 6. The lowest BCUT2D eigenvalue weighted by Gasteiger charge is -2.08. The predicted octanol–water partition coefficient (Wildman–Crippen LogP) is 2.04. The van der Waals surface area contributed by atoms with Crippen molar-refractivity contribution in [2.24, 2.45) is 5.73 Å². The van der Waals surface area contributed by atoms with E-state index in [0.717, 1.165) is 16.7 Å². The predicted molar refractivity (Wildman–Crippen MR) is 114 cm³/mol. The second-order valence-corrected chi connectivity index (χ2v) is 7.16. The van der Waals surface area contributed by atoms with Crippen molar-refractivity contribution in [2.45, 2.75) is 6.54 Å². The molecule has 1 aliphatic rings. The second kappa shape index (κ2) is 8.23. The summed E-state index contributed by atoms with van der Waals surface area (Å²) in [6, 6.07) is 19.1. The monoisotopic (exact) mass is 413 g/mol. The van der Waals surface area contributed by atoms with Crippen LogP contribution < -0.4 is 16.4 Å². The summed E-state index contributed by atoms with van der Waals surface area (Å²) in [6.45, 7) is 0.0261. The summed E-state index contributed by atoms with van der Waals surface area (Å²) in [5.41, 5.74) is 9.48. The van der Waals surface area contributed by atoms with Crippen LogP contribution in [0.5, 0.6) is 0 Å². The van der Waals surface area contributed by atoms with Crippen molar-refractivity contribution in [3.8, 4) is 11.1 Å². The molecule has 1 aliphatic carbocycles. The van der Waals surface area contributed by atoms with Gasteiger partial charge in [0.2, 0.25) is 5.91 Å². The van der Waals surface area contributed by atoms with Gasteiger partial charge in [-0.1, -0.05) is 42.5 Å². The van der Waals surface area contributed by atoms with Crippen molar-refractivity contribution in [2.75, 3.05) is 6.54 Å². The van der Waals surface area contributed by atoms with E-state index in [2.05, 4.69) is 10.6 Å². The van der Waals surface area contributed by atoms with E-state index in [1.165, 1.54) is 0 Å². The van der Waals surface area contributed by atoms with Gasteiger partial charge in [-0.2, -0.15) is 0 Å². The van der Waals surface area contributed by atoms with E-state index in [1.807, 2.05) is 18.2 Å². The molecule has 7 nitrogen and oxygen atoms in total. The fourth-order valence-corrected chi connectivity index (χ4v) is 3.50. The molecule has 0 fully saturated rings. The number of hydrogen-bond donors (Lipinski definition) is 3. The maximum atomic E-state index is 12.6. The van der Waals surface area contributed by atoms with Crippen molar-refractivity contribution in [3.05, 3.63) is 94.5 Å². The van der Waals surface area contributed by atoms with Crippen LogP contribution in [0.25, 0.3) is 11.1 Å². The first kappa shape index (κ1) is 20.0. The number of amides is 3. The Hall–Kier alpha value is -4.26. The van der Waals surface area contributed by atoms with E-state index >= 15 is 0 Å². The molecular formula is C24H19N3O4. The van der Waals surface area contributed by atoms with Crippen LogP contribution in [0.4, 0.5) is 0 Å². The van der Waals surface area contributed by atoms with Crippen LogP contribution in [0.1, 0.15) is 42.2 Å². The van der Waals surface area contributed by atoms with E-state index in [4.69, 9.17) is 5.73 Å². The standard InChI is InChI=1S/C24H19N3O4/c25-21(28)13-27-23(30)15-7-5-14(6-8-15)12-26-24(31)16-9-10-18-17-3-1-2-4-19(17)22(29)20(18)11-16/h1-11H,12-13H2,(H2,25,28)(H,26,31)(H,27,30). The van der Waals surface area contributed by atoms with Gasteiger partial charge in [-0.05, 0) is 41.0 Å². The van der Waals surface area contributed by atoms with Gasteiger partial charge in [0.05, 0.1) is 6.54 Å². The van der Waals surface area contributed by atoms with Gasteiger partial charge >= 0.3 is 0 Å². The summed E-state index contributed by atoms with van der Waals surface area (Å²) in [5, 5.41) is 5.23. The lowest BCUT2D eigenvalue weighted by Crippen LogP contribution is -2.33. The Labute approximate surface area is 178 Å². The van der Waals surface area contributed by atoms with Crippen molar-refractivity contribution in [1.82, 2.24) is 10.6 Å². The number of carbonyl (C=O) groups excluding carboxylic acids is 4. The fraction of sp³-hybridized carbons (Fsp3) is 0.0833. The van der Waals surface area contributed by atoms with Gasteiger partial charge in [0, 0.05) is 28.8 Å². The SMILES string of the molecule is NC(=O)CNC(=O)c1ccc(CNC(=O)c2ccc3c(c2)C(=O)c2ccccc2-3)cc1. The molecule has 0 bridgehead atoms. The number of fused-ring (bicyclic) bond motifs is 3. The Kier molecular flexibility index (Phi) is 5.32. The molecule has 0 saturated heterocycles. The largest absolute Gasteiger partial charge is 0.368 e. The molecule has 0 spiro atoms. The normalized spacial score (nSPS) is 11.4. The fourth-order valence-electron chi connectivity index (χ4n) is 3.50. The number of nitrogens with one attached hydrogen (secondary N) is 2. The molecule has 0 atom stereocenters. The molecule has 3 amide bonds. The molecule has 3 aromatic carbocycles. The average molecular weight is 413 g/mol. The zero-order valence-corrected chi connectivity index (χ0v) is 16.5. The van der Waals surface area contributed by atoms with Crippen LogP contribution in [0.2, 0.25) is 0 Å². The van der Waals surface area contributed by atoms with Gasteiger partial charge in [-0.25, -0.2) is 0 Å². The Morgan fingerprint density at radius 3 is 2.03 bits per heavy atom. The van der Waals surface area contributed by atoms with Crippen molar-refractivity contribution < 1.29 is 19.2 Å². The highest BCUT2D eigenvalue weighted by atomic mass is 16.2. The number of primary amides is 1. The van der Waals surface area contributed by atoms with E-state index in [0.29, 0.717) is 22.3 Å². The zero-order valence-electron chi connectivity index (χ0n) is 16.5. The molecule has 0 saturated carbocycles. The van der Waals surface area contributed by atoms with E-state index < -0.39 is 11.8 Å².